The van der Waals surface area contributed by atoms with Crippen molar-refractivity contribution in [2.24, 2.45) is 0 Å². The van der Waals surface area contributed by atoms with E-state index in [2.05, 4.69) is 5.10 Å². The maximum atomic E-state index is 14.6. The van der Waals surface area contributed by atoms with Gasteiger partial charge in [0.05, 0.1) is 43.6 Å². The van der Waals surface area contributed by atoms with Gasteiger partial charge in [-0.15, -0.1) is 0 Å². The average Bonchev–Trinajstić information content (AvgIpc) is 3.32. The summed E-state index contributed by atoms with van der Waals surface area (Å²) in [6.45, 7) is 3.02. The molecule has 2 aromatic carbocycles. The predicted molar refractivity (Wildman–Crippen MR) is 145 cm³/mol. The molecule has 1 atom stereocenters. The van der Waals surface area contributed by atoms with Gasteiger partial charge in [0, 0.05) is 38.0 Å². The topological polar surface area (TPSA) is 74.1 Å². The molecule has 2 aliphatic rings. The van der Waals surface area contributed by atoms with Crippen LogP contribution in [0.1, 0.15) is 35.1 Å². The highest BCUT2D eigenvalue weighted by molar-refractivity contribution is 5.94. The van der Waals surface area contributed by atoms with E-state index in [-0.39, 0.29) is 49.5 Å². The molecule has 1 aromatic heterocycles. The third kappa shape index (κ3) is 6.03. The number of aliphatic hydroxyl groups is 1. The molecule has 1 N–H and O–H groups in total. The SMILES string of the molecule is COC[C@H](O)Cn1cc2c(n1)N(Cc1ccccc1C(F)(F)F)C(=O)N(C1CCN(c3c(C)cccc3F)CC1)C2. The van der Waals surface area contributed by atoms with Crippen LogP contribution in [0.3, 0.4) is 0 Å². The van der Waals surface area contributed by atoms with Crippen molar-refractivity contribution >= 4 is 17.5 Å². The number of urea groups is 1. The van der Waals surface area contributed by atoms with Crippen molar-refractivity contribution in [1.82, 2.24) is 14.7 Å². The Morgan fingerprint density at radius 1 is 1.12 bits per heavy atom. The Morgan fingerprint density at radius 2 is 1.85 bits per heavy atom. The summed E-state index contributed by atoms with van der Waals surface area (Å²) in [5.74, 6) is -0.0213. The smallest absolute Gasteiger partial charge is 0.389 e. The predicted octanol–water partition coefficient (Wildman–Crippen LogP) is 4.97. The number of hydrogen-bond acceptors (Lipinski definition) is 5. The maximum Gasteiger partial charge on any atom is 0.416 e. The first kappa shape index (κ1) is 28.9. The van der Waals surface area contributed by atoms with Crippen LogP contribution >= 0.6 is 0 Å². The van der Waals surface area contributed by atoms with Gasteiger partial charge in [-0.3, -0.25) is 9.58 Å². The maximum absolute atomic E-state index is 14.6. The molecule has 0 spiro atoms. The van der Waals surface area contributed by atoms with E-state index in [1.54, 1.807) is 17.2 Å². The first-order valence-electron chi connectivity index (χ1n) is 13.5. The van der Waals surface area contributed by atoms with Crippen LogP contribution in [0, 0.1) is 12.7 Å². The Hall–Kier alpha value is -3.64. The first-order chi connectivity index (χ1) is 19.6. The third-order valence-electron chi connectivity index (χ3n) is 7.71. The normalized spacial score (nSPS) is 17.2. The molecule has 1 saturated heterocycles. The number of ether oxygens (including phenoxy) is 1. The second-order valence-electron chi connectivity index (χ2n) is 10.6. The van der Waals surface area contributed by atoms with E-state index in [1.165, 1.54) is 41.0 Å². The van der Waals surface area contributed by atoms with Crippen molar-refractivity contribution < 1.29 is 32.2 Å². The van der Waals surface area contributed by atoms with Gasteiger partial charge >= 0.3 is 12.2 Å². The van der Waals surface area contributed by atoms with Crippen molar-refractivity contribution in [1.29, 1.82) is 0 Å². The number of amides is 2. The molecular weight excluding hydrogens is 542 g/mol. The fourth-order valence-corrected chi connectivity index (χ4v) is 5.80. The summed E-state index contributed by atoms with van der Waals surface area (Å²) in [4.78, 5) is 18.9. The summed E-state index contributed by atoms with van der Waals surface area (Å²) in [5.41, 5.74) is 1.21. The van der Waals surface area contributed by atoms with Gasteiger partial charge in [-0.2, -0.15) is 18.3 Å². The number of fused-ring (bicyclic) bond motifs is 1. The van der Waals surface area contributed by atoms with E-state index < -0.39 is 23.9 Å². The van der Waals surface area contributed by atoms with Crippen LogP contribution in [0.25, 0.3) is 0 Å². The van der Waals surface area contributed by atoms with Gasteiger partial charge in [0.25, 0.3) is 0 Å². The lowest BCUT2D eigenvalue weighted by Crippen LogP contribution is -2.54. The number of alkyl halides is 3. The van der Waals surface area contributed by atoms with Gasteiger partial charge in [0.15, 0.2) is 5.82 Å². The molecule has 0 aliphatic carbocycles. The number of anilines is 2. The largest absolute Gasteiger partial charge is 0.416 e. The van der Waals surface area contributed by atoms with Gasteiger partial charge in [-0.05, 0) is 43.0 Å². The number of aryl methyl sites for hydroxylation is 1. The van der Waals surface area contributed by atoms with E-state index in [0.29, 0.717) is 37.2 Å². The van der Waals surface area contributed by atoms with Crippen LogP contribution in [0.4, 0.5) is 33.9 Å². The standard InChI is InChI=1S/C29H33F4N5O3/c1-19-6-5-9-25(30)26(19)35-12-10-22(11-13-35)37-16-21-14-36(17-23(39)18-41-2)34-27(21)38(28(37)40)15-20-7-3-4-8-24(20)29(31,32)33/h3-9,14,22-23,39H,10-13,15-18H2,1-2H3/t23-/m1/s1. The molecular formula is C29H33F4N5O3. The van der Waals surface area contributed by atoms with Crippen LogP contribution in [0.5, 0.6) is 0 Å². The van der Waals surface area contributed by atoms with Crippen LogP contribution in [0.2, 0.25) is 0 Å². The lowest BCUT2D eigenvalue weighted by atomic mass is 10.00. The Kier molecular flexibility index (Phi) is 8.23. The van der Waals surface area contributed by atoms with Crippen LogP contribution in [-0.2, 0) is 30.5 Å². The fourth-order valence-electron chi connectivity index (χ4n) is 5.80. The highest BCUT2D eigenvalue weighted by Crippen LogP contribution is 2.37. The lowest BCUT2D eigenvalue weighted by molar-refractivity contribution is -0.138. The van der Waals surface area contributed by atoms with Gasteiger partial charge in [-0.25, -0.2) is 9.18 Å². The highest BCUT2D eigenvalue weighted by atomic mass is 19.4. The van der Waals surface area contributed by atoms with Crippen molar-refractivity contribution in [3.63, 3.8) is 0 Å². The van der Waals surface area contributed by atoms with Crippen LogP contribution < -0.4 is 9.80 Å². The molecule has 1 fully saturated rings. The van der Waals surface area contributed by atoms with Crippen LogP contribution in [0.15, 0.2) is 48.7 Å². The number of rotatable bonds is 8. The van der Waals surface area contributed by atoms with Crippen LogP contribution in [-0.4, -0.2) is 64.8 Å². The van der Waals surface area contributed by atoms with Gasteiger partial charge in [0.2, 0.25) is 0 Å². The number of carbonyl (C=O) groups is 1. The quantitative estimate of drug-likeness (QED) is 0.384. The summed E-state index contributed by atoms with van der Waals surface area (Å²) in [6.07, 6.45) is -2.57. The average molecular weight is 576 g/mol. The van der Waals surface area contributed by atoms with Crippen molar-refractivity contribution in [3.05, 3.63) is 76.7 Å². The fraction of sp³-hybridized carbons (Fsp3) is 0.448. The van der Waals surface area contributed by atoms with Gasteiger partial charge in [-0.1, -0.05) is 30.3 Å². The number of aliphatic hydroxyl groups excluding tert-OH is 1. The number of methoxy groups -OCH3 is 1. The van der Waals surface area contributed by atoms with E-state index in [1.807, 2.05) is 17.9 Å². The van der Waals surface area contributed by atoms with Gasteiger partial charge in [0.1, 0.15) is 5.82 Å². The molecule has 8 nitrogen and oxygen atoms in total. The molecule has 3 aromatic rings. The van der Waals surface area contributed by atoms with Crippen molar-refractivity contribution in [3.8, 4) is 0 Å². The number of aromatic nitrogens is 2. The first-order valence-corrected chi connectivity index (χ1v) is 13.5. The molecule has 3 heterocycles. The minimum Gasteiger partial charge on any atom is -0.389 e. The number of nitrogens with zero attached hydrogens (tertiary/aromatic N) is 5. The minimum absolute atomic E-state index is 0.0417. The summed E-state index contributed by atoms with van der Waals surface area (Å²) in [6, 6.07) is 9.53. The molecule has 0 bridgehead atoms. The second-order valence-corrected chi connectivity index (χ2v) is 10.6. The molecule has 12 heteroatoms. The Bertz CT molecular complexity index is 1370. The molecule has 0 unspecified atom stereocenters. The molecule has 220 valence electrons. The Morgan fingerprint density at radius 3 is 2.54 bits per heavy atom. The summed E-state index contributed by atoms with van der Waals surface area (Å²) >= 11 is 0. The summed E-state index contributed by atoms with van der Waals surface area (Å²) < 4.78 is 62.5. The zero-order valence-corrected chi connectivity index (χ0v) is 22.9. The minimum atomic E-state index is -4.58. The summed E-state index contributed by atoms with van der Waals surface area (Å²) in [7, 11) is 1.46. The molecule has 0 saturated carbocycles. The number of carbonyl (C=O) groups excluding carboxylic acids is 1. The third-order valence-corrected chi connectivity index (χ3v) is 7.71. The van der Waals surface area contributed by atoms with E-state index in [0.717, 1.165) is 11.6 Å². The number of halogens is 4. The Labute approximate surface area is 235 Å². The molecule has 5 rings (SSSR count). The zero-order chi connectivity index (χ0) is 29.3. The van der Waals surface area contributed by atoms with Gasteiger partial charge < -0.3 is 19.6 Å². The van der Waals surface area contributed by atoms with E-state index in [9.17, 15) is 27.5 Å². The Balaban J connectivity index is 1.42. The molecule has 2 amide bonds. The van der Waals surface area contributed by atoms with E-state index in [4.69, 9.17) is 4.74 Å². The molecule has 0 radical (unpaired) electrons. The highest BCUT2D eigenvalue weighted by Gasteiger charge is 2.40. The molecule has 41 heavy (non-hydrogen) atoms. The number of para-hydroxylation sites is 1. The second kappa shape index (κ2) is 11.7. The van der Waals surface area contributed by atoms with E-state index >= 15 is 0 Å². The summed E-state index contributed by atoms with van der Waals surface area (Å²) in [5, 5.41) is 14.7. The zero-order valence-electron chi connectivity index (χ0n) is 22.9. The number of hydrogen-bond donors (Lipinski definition) is 1. The number of benzene rings is 2. The van der Waals surface area contributed by atoms with Crippen molar-refractivity contribution in [2.45, 2.75) is 57.7 Å². The monoisotopic (exact) mass is 575 g/mol. The van der Waals surface area contributed by atoms with Crippen molar-refractivity contribution in [2.75, 3.05) is 36.6 Å². The lowest BCUT2D eigenvalue weighted by Gasteiger charge is -2.43. The molecule has 2 aliphatic heterocycles. The number of piperidine rings is 1.